The van der Waals surface area contributed by atoms with Crippen LogP contribution in [0.4, 0.5) is 5.69 Å². The summed E-state index contributed by atoms with van der Waals surface area (Å²) >= 11 is 0. The molecule has 0 aliphatic carbocycles. The van der Waals surface area contributed by atoms with Gasteiger partial charge in [-0.15, -0.1) is 0 Å². The van der Waals surface area contributed by atoms with E-state index in [1.54, 1.807) is 0 Å². The Morgan fingerprint density at radius 3 is 2.84 bits per heavy atom. The van der Waals surface area contributed by atoms with Crippen LogP contribution in [0.3, 0.4) is 0 Å². The predicted octanol–water partition coefficient (Wildman–Crippen LogP) is 1.29. The molecule has 0 amide bonds. The highest BCUT2D eigenvalue weighted by atomic mass is 15.3. The van der Waals surface area contributed by atoms with Crippen LogP contribution in [-0.2, 0) is 0 Å². The van der Waals surface area contributed by atoms with Crippen LogP contribution in [0.15, 0.2) is 24.3 Å². The first kappa shape index (κ1) is 13.9. The Labute approximate surface area is 115 Å². The van der Waals surface area contributed by atoms with Gasteiger partial charge < -0.3 is 10.2 Å². The molecule has 1 atom stereocenters. The lowest BCUT2D eigenvalue weighted by Gasteiger charge is -2.41. The monoisotopic (exact) mass is 258 g/mol. The van der Waals surface area contributed by atoms with E-state index in [-0.39, 0.29) is 0 Å². The molecule has 0 saturated carbocycles. The zero-order chi connectivity index (χ0) is 13.7. The second kappa shape index (κ2) is 6.55. The van der Waals surface area contributed by atoms with E-state index in [1.807, 2.05) is 25.2 Å². The smallest absolute Gasteiger partial charge is 0.101 e. The summed E-state index contributed by atoms with van der Waals surface area (Å²) in [6.45, 7) is 7.42. The number of hydrogen-bond donors (Lipinski definition) is 1. The van der Waals surface area contributed by atoms with Crippen LogP contribution >= 0.6 is 0 Å². The highest BCUT2D eigenvalue weighted by Crippen LogP contribution is 2.22. The molecule has 102 valence electrons. The van der Waals surface area contributed by atoms with Gasteiger partial charge in [0.25, 0.3) is 0 Å². The van der Waals surface area contributed by atoms with Gasteiger partial charge in [-0.25, -0.2) is 0 Å². The average molecular weight is 258 g/mol. The van der Waals surface area contributed by atoms with E-state index in [2.05, 4.69) is 34.2 Å². The number of nitrogens with one attached hydrogen (secondary N) is 1. The number of likely N-dealkylation sites (N-methyl/N-ethyl adjacent to an activating group) is 1. The largest absolute Gasteiger partial charge is 0.368 e. The van der Waals surface area contributed by atoms with Gasteiger partial charge in [-0.2, -0.15) is 5.26 Å². The van der Waals surface area contributed by atoms with E-state index in [9.17, 15) is 5.26 Å². The average Bonchev–Trinajstić information content (AvgIpc) is 2.46. The van der Waals surface area contributed by atoms with E-state index >= 15 is 0 Å². The number of benzene rings is 1. The van der Waals surface area contributed by atoms with E-state index in [0.29, 0.717) is 6.04 Å². The summed E-state index contributed by atoms with van der Waals surface area (Å²) in [5.41, 5.74) is 1.85. The van der Waals surface area contributed by atoms with Crippen LogP contribution in [-0.4, -0.2) is 50.7 Å². The van der Waals surface area contributed by atoms with Gasteiger partial charge in [0.1, 0.15) is 6.07 Å². The first-order valence-corrected chi connectivity index (χ1v) is 6.89. The fraction of sp³-hybridized carbons (Fsp3) is 0.533. The van der Waals surface area contributed by atoms with Gasteiger partial charge in [0.2, 0.25) is 0 Å². The number of anilines is 1. The van der Waals surface area contributed by atoms with Crippen LogP contribution in [0.25, 0.3) is 0 Å². The maximum Gasteiger partial charge on any atom is 0.101 e. The summed E-state index contributed by atoms with van der Waals surface area (Å²) < 4.78 is 0. The molecule has 1 saturated heterocycles. The maximum absolute atomic E-state index is 9.19. The van der Waals surface area contributed by atoms with Gasteiger partial charge in [-0.1, -0.05) is 12.1 Å². The van der Waals surface area contributed by atoms with Crippen LogP contribution in [0.1, 0.15) is 12.5 Å². The van der Waals surface area contributed by atoms with E-state index in [4.69, 9.17) is 0 Å². The molecule has 1 unspecified atom stereocenters. The molecule has 4 heteroatoms. The maximum atomic E-state index is 9.19. The number of rotatable bonds is 4. The molecule has 1 aromatic rings. The van der Waals surface area contributed by atoms with Crippen molar-refractivity contribution >= 4 is 5.69 Å². The Morgan fingerprint density at radius 1 is 1.37 bits per heavy atom. The second-order valence-corrected chi connectivity index (χ2v) is 5.06. The Morgan fingerprint density at radius 2 is 2.16 bits per heavy atom. The molecule has 2 rings (SSSR count). The fourth-order valence-corrected chi connectivity index (χ4v) is 2.65. The molecule has 1 aliphatic heterocycles. The Hall–Kier alpha value is -1.57. The lowest BCUT2D eigenvalue weighted by atomic mass is 10.1. The van der Waals surface area contributed by atoms with Crippen molar-refractivity contribution in [2.24, 2.45) is 0 Å². The summed E-state index contributed by atoms with van der Waals surface area (Å²) in [4.78, 5) is 4.83. The third-order valence-corrected chi connectivity index (χ3v) is 3.78. The van der Waals surface area contributed by atoms with Crippen molar-refractivity contribution in [2.75, 3.05) is 44.7 Å². The lowest BCUT2D eigenvalue weighted by molar-refractivity contribution is 0.191. The van der Waals surface area contributed by atoms with Crippen molar-refractivity contribution in [3.63, 3.8) is 0 Å². The third kappa shape index (κ3) is 3.25. The van der Waals surface area contributed by atoms with Gasteiger partial charge in [-0.05, 0) is 26.1 Å². The minimum Gasteiger partial charge on any atom is -0.368 e. The van der Waals surface area contributed by atoms with Crippen molar-refractivity contribution < 1.29 is 0 Å². The number of hydrogen-bond acceptors (Lipinski definition) is 4. The third-order valence-electron chi connectivity index (χ3n) is 3.78. The Balaban J connectivity index is 2.04. The molecule has 0 spiro atoms. The summed E-state index contributed by atoms with van der Waals surface area (Å²) in [6, 6.07) is 10.7. The minimum atomic E-state index is 0.522. The summed E-state index contributed by atoms with van der Waals surface area (Å²) in [6.07, 6.45) is 0. The van der Waals surface area contributed by atoms with Crippen molar-refractivity contribution in [3.05, 3.63) is 29.8 Å². The molecule has 1 aliphatic rings. The Bertz CT molecular complexity index is 452. The first-order valence-electron chi connectivity index (χ1n) is 6.89. The molecular formula is C15H22N4. The first-order chi connectivity index (χ1) is 9.26. The van der Waals surface area contributed by atoms with Gasteiger partial charge in [0, 0.05) is 38.8 Å². The standard InChI is InChI=1S/C15H22N4/c1-13-12-19(10-9-18(13)8-7-17-2)15-6-4-3-5-14(15)11-16/h3-6,13,17H,7-10,12H2,1-2H3. The number of para-hydroxylation sites is 1. The molecule has 0 radical (unpaired) electrons. The van der Waals surface area contributed by atoms with Gasteiger partial charge in [0.15, 0.2) is 0 Å². The second-order valence-electron chi connectivity index (χ2n) is 5.06. The van der Waals surface area contributed by atoms with E-state index < -0.39 is 0 Å². The summed E-state index contributed by atoms with van der Waals surface area (Å²) in [5, 5.41) is 12.4. The molecule has 19 heavy (non-hydrogen) atoms. The Kier molecular flexibility index (Phi) is 4.78. The molecule has 4 nitrogen and oxygen atoms in total. The quantitative estimate of drug-likeness (QED) is 0.883. The summed E-state index contributed by atoms with van der Waals surface area (Å²) in [7, 11) is 1.99. The van der Waals surface area contributed by atoms with Gasteiger partial charge >= 0.3 is 0 Å². The van der Waals surface area contributed by atoms with Crippen molar-refractivity contribution in [3.8, 4) is 6.07 Å². The fourth-order valence-electron chi connectivity index (χ4n) is 2.65. The highest BCUT2D eigenvalue weighted by molar-refractivity contribution is 5.59. The zero-order valence-electron chi connectivity index (χ0n) is 11.8. The topological polar surface area (TPSA) is 42.3 Å². The molecule has 1 heterocycles. The SMILES string of the molecule is CNCCN1CCN(c2ccccc2C#N)CC1C. The van der Waals surface area contributed by atoms with Crippen LogP contribution in [0, 0.1) is 11.3 Å². The van der Waals surface area contributed by atoms with Crippen LogP contribution < -0.4 is 10.2 Å². The molecular weight excluding hydrogens is 236 g/mol. The number of piperazine rings is 1. The van der Waals surface area contributed by atoms with Crippen molar-refractivity contribution in [2.45, 2.75) is 13.0 Å². The number of nitrogens with zero attached hydrogens (tertiary/aromatic N) is 3. The number of nitriles is 1. The molecule has 1 N–H and O–H groups in total. The van der Waals surface area contributed by atoms with E-state index in [1.165, 1.54) is 0 Å². The predicted molar refractivity (Wildman–Crippen MR) is 78.3 cm³/mol. The van der Waals surface area contributed by atoms with Crippen molar-refractivity contribution in [1.29, 1.82) is 5.26 Å². The van der Waals surface area contributed by atoms with E-state index in [0.717, 1.165) is 44.0 Å². The molecule has 0 bridgehead atoms. The lowest BCUT2D eigenvalue weighted by Crippen LogP contribution is -2.53. The minimum absolute atomic E-state index is 0.522. The molecule has 1 fully saturated rings. The van der Waals surface area contributed by atoms with Crippen LogP contribution in [0.2, 0.25) is 0 Å². The zero-order valence-corrected chi connectivity index (χ0v) is 11.8. The van der Waals surface area contributed by atoms with Crippen LogP contribution in [0.5, 0.6) is 0 Å². The van der Waals surface area contributed by atoms with Gasteiger partial charge in [-0.3, -0.25) is 4.90 Å². The highest BCUT2D eigenvalue weighted by Gasteiger charge is 2.24. The molecule has 0 aromatic heterocycles. The summed E-state index contributed by atoms with van der Waals surface area (Å²) in [5.74, 6) is 0. The molecule has 1 aromatic carbocycles. The van der Waals surface area contributed by atoms with Gasteiger partial charge in [0.05, 0.1) is 11.3 Å². The van der Waals surface area contributed by atoms with Crippen molar-refractivity contribution in [1.82, 2.24) is 10.2 Å². The normalized spacial score (nSPS) is 20.3.